The molecule has 0 aliphatic carbocycles. The minimum absolute atomic E-state index is 0.375. The van der Waals surface area contributed by atoms with Gasteiger partial charge < -0.3 is 14.4 Å². The molecule has 10 heteroatoms. The molecule has 33 heavy (non-hydrogen) atoms. The van der Waals surface area contributed by atoms with Crippen molar-refractivity contribution in [2.75, 3.05) is 61.7 Å². The Hall–Kier alpha value is -2.61. The highest BCUT2D eigenvalue weighted by molar-refractivity contribution is 5.13. The zero-order valence-electron chi connectivity index (χ0n) is 21.4. The summed E-state index contributed by atoms with van der Waals surface area (Å²) in [6, 6.07) is 10.1. The van der Waals surface area contributed by atoms with Gasteiger partial charge in [-0.05, 0) is 38.1 Å². The Bertz CT molecular complexity index is 590. The van der Waals surface area contributed by atoms with Gasteiger partial charge in [-0.15, -0.1) is 12.3 Å². The molecular formula is C23H43F2N3O5+2. The molecule has 1 saturated heterocycles. The summed E-state index contributed by atoms with van der Waals surface area (Å²) in [5.41, 5.74) is 1.22. The fraction of sp³-hybridized carbons (Fsp3) is 0.609. The number of halogens is 2. The van der Waals surface area contributed by atoms with Crippen LogP contribution in [-0.4, -0.2) is 94.1 Å². The van der Waals surface area contributed by atoms with Crippen LogP contribution in [0.2, 0.25) is 0 Å². The molecule has 1 aromatic carbocycles. The van der Waals surface area contributed by atoms with Gasteiger partial charge in [0.1, 0.15) is 0 Å². The van der Waals surface area contributed by atoms with Gasteiger partial charge in [-0.25, -0.2) is 13.6 Å². The molecule has 1 heterocycles. The van der Waals surface area contributed by atoms with Gasteiger partial charge in [-0.1, -0.05) is 30.3 Å². The molecule has 0 radical (unpaired) electrons. The minimum Gasteiger partial charge on any atom is -0.380 e. The van der Waals surface area contributed by atoms with E-state index in [0.29, 0.717) is 11.5 Å². The van der Waals surface area contributed by atoms with Gasteiger partial charge in [0.25, 0.3) is 0 Å². The zero-order valence-corrected chi connectivity index (χ0v) is 21.4. The summed E-state index contributed by atoms with van der Waals surface area (Å²) in [4.78, 5) is 16.2. The smallest absolute Gasteiger partial charge is 0.242 e. The van der Waals surface area contributed by atoms with Crippen molar-refractivity contribution in [1.82, 2.24) is 4.90 Å². The van der Waals surface area contributed by atoms with E-state index < -0.39 is 5.92 Å². The van der Waals surface area contributed by atoms with E-state index in [9.17, 15) is 13.7 Å². The Kier molecular flexibility index (Phi) is 31.3. The fourth-order valence-corrected chi connectivity index (χ4v) is 1.40. The molecule has 1 aliphatic rings. The summed E-state index contributed by atoms with van der Waals surface area (Å²) in [6.45, 7) is 11.1. The van der Waals surface area contributed by atoms with Crippen molar-refractivity contribution in [1.29, 1.82) is 0 Å². The lowest BCUT2D eigenvalue weighted by molar-refractivity contribution is -0.776. The van der Waals surface area contributed by atoms with Crippen molar-refractivity contribution < 1.29 is 38.0 Å². The number of benzene rings is 1. The van der Waals surface area contributed by atoms with Gasteiger partial charge in [0.05, 0.1) is 24.7 Å². The highest BCUT2D eigenvalue weighted by Gasteiger charge is 2.08. The van der Waals surface area contributed by atoms with Crippen molar-refractivity contribution >= 4 is 6.72 Å². The molecule has 2 rings (SSSR count). The minimum atomic E-state index is -2.50. The molecule has 1 N–H and O–H groups in total. The highest BCUT2D eigenvalue weighted by atomic mass is 19.3. The van der Waals surface area contributed by atoms with E-state index >= 15 is 0 Å². The number of morpholine rings is 1. The number of nitrogens with zero attached hydrogens (tertiary/aromatic N) is 3. The Balaban J connectivity index is -0.000000160. The summed E-state index contributed by atoms with van der Waals surface area (Å²) in [5, 5.41) is 7.78. The second-order valence-corrected chi connectivity index (χ2v) is 6.73. The highest BCUT2D eigenvalue weighted by Crippen LogP contribution is 2.06. The normalized spacial score (nSPS) is 11.8. The summed E-state index contributed by atoms with van der Waals surface area (Å²) >= 11 is 0. The monoisotopic (exact) mass is 479 g/mol. The largest absolute Gasteiger partial charge is 0.380 e. The van der Waals surface area contributed by atoms with Gasteiger partial charge in [-0.3, -0.25) is 5.21 Å². The Morgan fingerprint density at radius 2 is 1.55 bits per heavy atom. The third kappa shape index (κ3) is 65.2. The summed E-state index contributed by atoms with van der Waals surface area (Å²) in [5.74, 6) is -0.250. The number of methoxy groups -OCH3 is 1. The van der Waals surface area contributed by atoms with Crippen molar-refractivity contribution in [3.63, 3.8) is 0 Å². The van der Waals surface area contributed by atoms with Crippen LogP contribution in [0, 0.1) is 17.3 Å². The number of hydrogen-bond acceptors (Lipinski definition) is 6. The molecule has 0 bridgehead atoms. The van der Waals surface area contributed by atoms with Gasteiger partial charge in [0.15, 0.2) is 20.9 Å². The van der Waals surface area contributed by atoms with E-state index in [1.807, 2.05) is 30.3 Å². The lowest BCUT2D eigenvalue weighted by Crippen LogP contribution is -2.32. The first kappa shape index (κ1) is 37.7. The lowest BCUT2D eigenvalue weighted by Gasteiger charge is -2.21. The number of likely N-dealkylation sites (N-methyl/N-ethyl adjacent to an activating group) is 1. The van der Waals surface area contributed by atoms with Crippen LogP contribution < -0.4 is 0 Å². The number of alkyl halides is 2. The molecule has 1 aliphatic heterocycles. The maximum Gasteiger partial charge on any atom is 0.242 e. The predicted octanol–water partition coefficient (Wildman–Crippen LogP) is 3.76. The molecular weight excluding hydrogens is 436 g/mol. The number of terminal acetylenes is 1. The molecule has 8 nitrogen and oxygen atoms in total. The fourth-order valence-electron chi connectivity index (χ4n) is 1.40. The number of hydroxylamine groups is 1. The maximum atomic E-state index is 11.0. The van der Waals surface area contributed by atoms with E-state index in [4.69, 9.17) is 14.7 Å². The first-order valence-corrected chi connectivity index (χ1v) is 9.97. The van der Waals surface area contributed by atoms with Crippen LogP contribution in [0.25, 0.3) is 0 Å². The SMILES string of the molecule is C#CC.C=[N+](C)O.CC(C)(F)F.CN1CCOCC1.COCc1ccccc1.CO[N+](C)=O. The average molecular weight is 480 g/mol. The second kappa shape index (κ2) is 27.4. The first-order chi connectivity index (χ1) is 15.2. The molecule has 192 valence electrons. The Morgan fingerprint density at radius 3 is 1.76 bits per heavy atom. The molecule has 0 atom stereocenters. The molecule has 1 fully saturated rings. The molecule has 0 amide bonds. The van der Waals surface area contributed by atoms with Crippen molar-refractivity contribution in [2.45, 2.75) is 33.3 Å². The number of ether oxygens (including phenoxy) is 2. The van der Waals surface area contributed by atoms with Gasteiger partial charge >= 0.3 is 0 Å². The third-order valence-corrected chi connectivity index (χ3v) is 2.65. The van der Waals surface area contributed by atoms with E-state index in [-0.39, 0.29) is 0 Å². The van der Waals surface area contributed by atoms with Gasteiger partial charge in [-0.2, -0.15) is 0 Å². The Labute approximate surface area is 198 Å². The zero-order chi connectivity index (χ0) is 26.7. The lowest BCUT2D eigenvalue weighted by atomic mass is 10.2. The topological polar surface area (TPSA) is 74.3 Å². The van der Waals surface area contributed by atoms with Crippen LogP contribution in [0.3, 0.4) is 0 Å². The van der Waals surface area contributed by atoms with Crippen LogP contribution in [0.4, 0.5) is 8.78 Å². The Morgan fingerprint density at radius 1 is 1.21 bits per heavy atom. The third-order valence-electron chi connectivity index (χ3n) is 2.65. The maximum absolute atomic E-state index is 11.0. The van der Waals surface area contributed by atoms with Crippen LogP contribution in [0.1, 0.15) is 26.3 Å². The molecule has 0 aromatic heterocycles. The van der Waals surface area contributed by atoms with Crippen LogP contribution in [-0.2, 0) is 20.9 Å². The van der Waals surface area contributed by atoms with Gasteiger partial charge in [0, 0.05) is 20.2 Å². The van der Waals surface area contributed by atoms with Crippen LogP contribution in [0.5, 0.6) is 0 Å². The second-order valence-electron chi connectivity index (χ2n) is 6.73. The van der Waals surface area contributed by atoms with Crippen molar-refractivity contribution in [3.8, 4) is 12.3 Å². The number of hydrogen-bond donors (Lipinski definition) is 1. The van der Waals surface area contributed by atoms with Crippen LogP contribution >= 0.6 is 0 Å². The summed E-state index contributed by atoms with van der Waals surface area (Å²) in [6.07, 6.45) is 4.60. The first-order valence-electron chi connectivity index (χ1n) is 9.97. The average Bonchev–Trinajstić information content (AvgIpc) is 2.69. The molecule has 0 spiro atoms. The van der Waals surface area contributed by atoms with E-state index in [2.05, 4.69) is 35.8 Å². The van der Waals surface area contributed by atoms with E-state index in [1.54, 1.807) is 14.0 Å². The van der Waals surface area contributed by atoms with E-state index in [0.717, 1.165) is 44.9 Å². The standard InChI is InChI=1S/C8H10O.C5H11NO.C3H6F2.C3H4.C2H6NO2.C2H6NO/c1-9-7-8-5-3-2-4-6-8;1-6-2-4-7-5-3-6;1-3(2,4)5;1-3-2;1-3(4)5-2;1-3(2)4/h2-6H,7H2,1H3;2-5H2,1H3;1-2H3;1H,2H3;1-2H3;4H,1H2,2H3/q;;;;2*+1. The number of rotatable bonds is 3. The summed E-state index contributed by atoms with van der Waals surface area (Å²) in [7, 11) is 7.85. The van der Waals surface area contributed by atoms with E-state index in [1.165, 1.54) is 26.8 Å². The molecule has 0 saturated carbocycles. The quantitative estimate of drug-likeness (QED) is 0.234. The van der Waals surface area contributed by atoms with Crippen LogP contribution in [0.15, 0.2) is 30.3 Å². The molecule has 1 aromatic rings. The van der Waals surface area contributed by atoms with Gasteiger partial charge in [0.2, 0.25) is 17.9 Å². The van der Waals surface area contributed by atoms with Crippen molar-refractivity contribution in [2.24, 2.45) is 0 Å². The predicted molar refractivity (Wildman–Crippen MR) is 128 cm³/mol. The van der Waals surface area contributed by atoms with Crippen molar-refractivity contribution in [3.05, 3.63) is 40.8 Å². The molecule has 0 unspecified atom stereocenters. The summed E-state index contributed by atoms with van der Waals surface area (Å²) < 4.78 is 32.8.